The van der Waals surface area contributed by atoms with E-state index < -0.39 is 0 Å². The van der Waals surface area contributed by atoms with Gasteiger partial charge in [0.25, 0.3) is 0 Å². The van der Waals surface area contributed by atoms with Crippen LogP contribution in [0.1, 0.15) is 59.8 Å². The molecule has 0 N–H and O–H groups in total. The lowest BCUT2D eigenvalue weighted by Crippen LogP contribution is -2.43. The van der Waals surface area contributed by atoms with E-state index >= 15 is 0 Å². The van der Waals surface area contributed by atoms with Crippen LogP contribution < -0.4 is 0 Å². The van der Waals surface area contributed by atoms with E-state index in [4.69, 9.17) is 9.31 Å². The maximum absolute atomic E-state index is 5.82. The van der Waals surface area contributed by atoms with Gasteiger partial charge in [0.05, 0.1) is 4.22 Å². The average molecular weight is 293 g/mol. The molecule has 1 atom stereocenters. The molecule has 0 saturated heterocycles. The SMILES string of the molecule is CCCCOB(OCCCC)C(C)(Br)CC. The fraction of sp³-hybridized carbons (Fsp3) is 1.00. The third kappa shape index (κ3) is 6.92. The van der Waals surface area contributed by atoms with Gasteiger partial charge in [0.1, 0.15) is 0 Å². The zero-order valence-electron chi connectivity index (χ0n) is 11.2. The van der Waals surface area contributed by atoms with Crippen molar-refractivity contribution in [3.8, 4) is 0 Å². The van der Waals surface area contributed by atoms with Crippen molar-refractivity contribution in [1.82, 2.24) is 0 Å². The van der Waals surface area contributed by atoms with E-state index in [1.165, 1.54) is 0 Å². The number of unbranched alkanes of at least 4 members (excludes halogenated alkanes) is 2. The fourth-order valence-corrected chi connectivity index (χ4v) is 1.50. The summed E-state index contributed by atoms with van der Waals surface area (Å²) in [4.78, 5) is 0. The summed E-state index contributed by atoms with van der Waals surface area (Å²) >= 11 is 3.70. The van der Waals surface area contributed by atoms with Gasteiger partial charge < -0.3 is 9.31 Å². The average Bonchev–Trinajstić information content (AvgIpc) is 2.27. The van der Waals surface area contributed by atoms with Crippen LogP contribution in [0, 0.1) is 0 Å². The summed E-state index contributed by atoms with van der Waals surface area (Å²) in [5.41, 5.74) is 0. The minimum atomic E-state index is -0.129. The standard InChI is InChI=1S/C12H26BBrO2/c1-5-8-10-15-13(12(4,14)7-3)16-11-9-6-2/h5-11H2,1-4H3. The van der Waals surface area contributed by atoms with Crippen molar-refractivity contribution in [1.29, 1.82) is 0 Å². The molecule has 0 aromatic carbocycles. The summed E-state index contributed by atoms with van der Waals surface area (Å²) in [5.74, 6) is 0. The summed E-state index contributed by atoms with van der Waals surface area (Å²) in [7, 11) is -0.129. The highest BCUT2D eigenvalue weighted by atomic mass is 79.9. The molecular weight excluding hydrogens is 267 g/mol. The van der Waals surface area contributed by atoms with Crippen molar-refractivity contribution < 1.29 is 9.31 Å². The van der Waals surface area contributed by atoms with E-state index in [9.17, 15) is 0 Å². The van der Waals surface area contributed by atoms with Gasteiger partial charge in [-0.15, -0.1) is 0 Å². The lowest BCUT2D eigenvalue weighted by Gasteiger charge is -2.27. The van der Waals surface area contributed by atoms with E-state index in [0.29, 0.717) is 0 Å². The van der Waals surface area contributed by atoms with Gasteiger partial charge in [-0.2, -0.15) is 0 Å². The molecule has 0 amide bonds. The highest BCUT2D eigenvalue weighted by Crippen LogP contribution is 2.26. The second-order valence-corrected chi connectivity index (χ2v) is 6.22. The van der Waals surface area contributed by atoms with Crippen LogP contribution in [-0.4, -0.2) is 24.6 Å². The third-order valence-corrected chi connectivity index (χ3v) is 3.65. The number of alkyl halides is 1. The van der Waals surface area contributed by atoms with Crippen molar-refractivity contribution in [2.24, 2.45) is 0 Å². The molecule has 96 valence electrons. The Kier molecular flexibility index (Phi) is 9.77. The van der Waals surface area contributed by atoms with Gasteiger partial charge in [-0.3, -0.25) is 0 Å². The van der Waals surface area contributed by atoms with E-state index in [1.807, 2.05) is 0 Å². The van der Waals surface area contributed by atoms with Gasteiger partial charge in [-0.1, -0.05) is 56.5 Å². The van der Waals surface area contributed by atoms with Crippen molar-refractivity contribution in [3.63, 3.8) is 0 Å². The summed E-state index contributed by atoms with van der Waals surface area (Å²) in [6, 6.07) is 0. The highest BCUT2D eigenvalue weighted by molar-refractivity contribution is 9.10. The predicted molar refractivity (Wildman–Crippen MR) is 75.1 cm³/mol. The molecule has 0 aromatic heterocycles. The largest absolute Gasteiger partial charge is 0.474 e. The Morgan fingerprint density at radius 2 is 1.44 bits per heavy atom. The van der Waals surface area contributed by atoms with Gasteiger partial charge in [0.15, 0.2) is 0 Å². The minimum absolute atomic E-state index is 0.0749. The maximum Gasteiger partial charge on any atom is 0.474 e. The van der Waals surface area contributed by atoms with Crippen LogP contribution in [0.15, 0.2) is 0 Å². The van der Waals surface area contributed by atoms with Gasteiger partial charge in [-0.25, -0.2) is 0 Å². The number of hydrogen-bond acceptors (Lipinski definition) is 2. The summed E-state index contributed by atoms with van der Waals surface area (Å²) in [6.45, 7) is 10.2. The van der Waals surface area contributed by atoms with Crippen molar-refractivity contribution in [2.75, 3.05) is 13.2 Å². The Hall–Kier alpha value is 0.465. The minimum Gasteiger partial charge on any atom is -0.410 e. The Labute approximate surface area is 110 Å². The molecule has 0 heterocycles. The molecule has 0 spiro atoms. The number of halogens is 1. The quantitative estimate of drug-likeness (QED) is 0.341. The molecule has 16 heavy (non-hydrogen) atoms. The fourth-order valence-electron chi connectivity index (χ4n) is 1.23. The lowest BCUT2D eigenvalue weighted by atomic mass is 9.71. The zero-order chi connectivity index (χ0) is 12.4. The van der Waals surface area contributed by atoms with Gasteiger partial charge in [-0.05, 0) is 19.3 Å². The predicted octanol–water partition coefficient (Wildman–Crippen LogP) is 4.21. The van der Waals surface area contributed by atoms with Crippen LogP contribution in [-0.2, 0) is 9.31 Å². The molecular formula is C12H26BBrO2. The molecule has 0 aromatic rings. The van der Waals surface area contributed by atoms with Crippen molar-refractivity contribution in [2.45, 2.75) is 64.0 Å². The van der Waals surface area contributed by atoms with E-state index in [2.05, 4.69) is 43.6 Å². The third-order valence-electron chi connectivity index (χ3n) is 2.72. The molecule has 0 aliphatic heterocycles. The topological polar surface area (TPSA) is 18.5 Å². The Balaban J connectivity index is 4.05. The molecule has 0 aliphatic carbocycles. The molecule has 0 radical (unpaired) electrons. The molecule has 0 saturated carbocycles. The maximum atomic E-state index is 5.82. The summed E-state index contributed by atoms with van der Waals surface area (Å²) in [6.07, 6.45) is 5.51. The first-order valence-corrected chi connectivity index (χ1v) is 7.29. The van der Waals surface area contributed by atoms with Gasteiger partial charge in [0, 0.05) is 13.2 Å². The van der Waals surface area contributed by atoms with Crippen LogP contribution in [0.4, 0.5) is 0 Å². The molecule has 0 fully saturated rings. The monoisotopic (exact) mass is 292 g/mol. The van der Waals surface area contributed by atoms with Crippen LogP contribution in [0.25, 0.3) is 0 Å². The molecule has 1 unspecified atom stereocenters. The molecule has 2 nitrogen and oxygen atoms in total. The van der Waals surface area contributed by atoms with Crippen LogP contribution in [0.3, 0.4) is 0 Å². The highest BCUT2D eigenvalue weighted by Gasteiger charge is 2.38. The Bertz CT molecular complexity index is 155. The van der Waals surface area contributed by atoms with Gasteiger partial charge in [0.2, 0.25) is 0 Å². The normalized spacial score (nSPS) is 14.8. The molecule has 4 heteroatoms. The van der Waals surface area contributed by atoms with E-state index in [-0.39, 0.29) is 11.3 Å². The zero-order valence-corrected chi connectivity index (χ0v) is 12.8. The number of hydrogen-bond donors (Lipinski definition) is 0. The molecule has 0 aliphatic rings. The van der Waals surface area contributed by atoms with Crippen molar-refractivity contribution >= 4 is 23.0 Å². The second kappa shape index (κ2) is 9.49. The first-order valence-electron chi connectivity index (χ1n) is 6.50. The van der Waals surface area contributed by atoms with Crippen molar-refractivity contribution in [3.05, 3.63) is 0 Å². The van der Waals surface area contributed by atoms with Gasteiger partial charge >= 0.3 is 7.12 Å². The Morgan fingerprint density at radius 1 is 1.00 bits per heavy atom. The van der Waals surface area contributed by atoms with Crippen LogP contribution in [0.2, 0.25) is 0 Å². The van der Waals surface area contributed by atoms with E-state index in [1.54, 1.807) is 0 Å². The molecule has 0 bridgehead atoms. The Morgan fingerprint density at radius 3 is 1.75 bits per heavy atom. The summed E-state index contributed by atoms with van der Waals surface area (Å²) < 4.78 is 11.6. The first kappa shape index (κ1) is 16.5. The summed E-state index contributed by atoms with van der Waals surface area (Å²) in [5, 5.41) is 0. The first-order chi connectivity index (χ1) is 7.58. The smallest absolute Gasteiger partial charge is 0.410 e. The lowest BCUT2D eigenvalue weighted by molar-refractivity contribution is 0.181. The second-order valence-electron chi connectivity index (χ2n) is 4.41. The van der Waals surface area contributed by atoms with Crippen LogP contribution >= 0.6 is 15.9 Å². The van der Waals surface area contributed by atoms with Crippen LogP contribution in [0.5, 0.6) is 0 Å². The number of rotatable bonds is 10. The van der Waals surface area contributed by atoms with E-state index in [0.717, 1.165) is 45.3 Å². The molecule has 0 rings (SSSR count).